The van der Waals surface area contributed by atoms with Gasteiger partial charge in [-0.15, -0.1) is 0 Å². The van der Waals surface area contributed by atoms with Gasteiger partial charge in [0.1, 0.15) is 0 Å². The molecule has 0 aliphatic rings. The monoisotopic (exact) mass is 268 g/mol. The molecule has 0 amide bonds. The zero-order chi connectivity index (χ0) is 9.97. The predicted octanol–water partition coefficient (Wildman–Crippen LogP) is 3.61. The lowest BCUT2D eigenvalue weighted by atomic mass is 10.2. The van der Waals surface area contributed by atoms with E-state index in [-0.39, 0.29) is 0 Å². The number of thiophene rings is 1. The van der Waals surface area contributed by atoms with Gasteiger partial charge in [0.15, 0.2) is 0 Å². The second-order valence-electron chi connectivity index (χ2n) is 2.81. The highest BCUT2D eigenvalue weighted by molar-refractivity contribution is 9.10. The molecule has 1 N–H and O–H groups in total. The lowest BCUT2D eigenvalue weighted by molar-refractivity contribution is 1.32. The topological polar surface area (TPSA) is 24.9 Å². The summed E-state index contributed by atoms with van der Waals surface area (Å²) < 4.78 is 1.10. The number of nitrogens with zero attached hydrogens (tertiary/aromatic N) is 1. The van der Waals surface area contributed by atoms with Crippen molar-refractivity contribution in [1.29, 1.82) is 0 Å². The molecule has 2 nitrogen and oxygen atoms in total. The molecule has 2 rings (SSSR count). The molecule has 0 aliphatic heterocycles. The minimum atomic E-state index is 0.991. The minimum Gasteiger partial charge on any atom is -0.388 e. The van der Waals surface area contributed by atoms with E-state index >= 15 is 0 Å². The summed E-state index contributed by atoms with van der Waals surface area (Å²) in [7, 11) is 1.90. The molecule has 0 aliphatic carbocycles. The van der Waals surface area contributed by atoms with Gasteiger partial charge in [-0.1, -0.05) is 0 Å². The Morgan fingerprint density at radius 2 is 2.29 bits per heavy atom. The first-order valence-corrected chi connectivity index (χ1v) is 5.90. The van der Waals surface area contributed by atoms with E-state index in [1.807, 2.05) is 25.4 Å². The summed E-state index contributed by atoms with van der Waals surface area (Å²) in [6.45, 7) is 0. The van der Waals surface area contributed by atoms with Crippen molar-refractivity contribution in [3.63, 3.8) is 0 Å². The number of anilines is 1. The highest BCUT2D eigenvalue weighted by Crippen LogP contribution is 2.31. The van der Waals surface area contributed by atoms with Gasteiger partial charge < -0.3 is 5.32 Å². The molecule has 14 heavy (non-hydrogen) atoms. The summed E-state index contributed by atoms with van der Waals surface area (Å²) in [6, 6.07) is 3.98. The van der Waals surface area contributed by atoms with Gasteiger partial charge in [-0.05, 0) is 28.1 Å². The van der Waals surface area contributed by atoms with Crippen LogP contribution in [-0.4, -0.2) is 12.0 Å². The molecule has 0 unspecified atom stereocenters. The van der Waals surface area contributed by atoms with Crippen LogP contribution in [0.5, 0.6) is 0 Å². The summed E-state index contributed by atoms with van der Waals surface area (Å²) in [6.07, 6.45) is 1.81. The number of pyridine rings is 1. The molecule has 2 aromatic heterocycles. The van der Waals surface area contributed by atoms with Crippen LogP contribution in [0.25, 0.3) is 11.3 Å². The lowest BCUT2D eigenvalue weighted by Gasteiger charge is -2.02. The van der Waals surface area contributed by atoms with Crippen molar-refractivity contribution in [3.8, 4) is 11.3 Å². The predicted molar refractivity (Wildman–Crippen MR) is 64.8 cm³/mol. The SMILES string of the molecule is CNc1ccnc(-c2cscc2Br)c1. The largest absolute Gasteiger partial charge is 0.388 e. The molecular weight excluding hydrogens is 260 g/mol. The van der Waals surface area contributed by atoms with Gasteiger partial charge in [-0.3, -0.25) is 4.98 Å². The van der Waals surface area contributed by atoms with Crippen LogP contribution >= 0.6 is 27.3 Å². The average Bonchev–Trinajstić information content (AvgIpc) is 2.65. The number of aromatic nitrogens is 1. The highest BCUT2D eigenvalue weighted by atomic mass is 79.9. The number of hydrogen-bond acceptors (Lipinski definition) is 3. The van der Waals surface area contributed by atoms with Crippen molar-refractivity contribution >= 4 is 33.0 Å². The quantitative estimate of drug-likeness (QED) is 0.900. The van der Waals surface area contributed by atoms with E-state index in [4.69, 9.17) is 0 Å². The number of hydrogen-bond donors (Lipinski definition) is 1. The zero-order valence-electron chi connectivity index (χ0n) is 7.62. The Labute approximate surface area is 95.1 Å². The number of rotatable bonds is 2. The van der Waals surface area contributed by atoms with Crippen LogP contribution in [0.3, 0.4) is 0 Å². The summed E-state index contributed by atoms with van der Waals surface area (Å²) in [5, 5.41) is 7.24. The molecule has 0 saturated heterocycles. The van der Waals surface area contributed by atoms with Crippen molar-refractivity contribution in [3.05, 3.63) is 33.6 Å². The van der Waals surface area contributed by atoms with E-state index in [1.54, 1.807) is 11.3 Å². The second-order valence-corrected chi connectivity index (χ2v) is 4.41. The average molecular weight is 269 g/mol. The Morgan fingerprint density at radius 1 is 1.43 bits per heavy atom. The van der Waals surface area contributed by atoms with Crippen molar-refractivity contribution in [2.45, 2.75) is 0 Å². The van der Waals surface area contributed by atoms with E-state index in [0.29, 0.717) is 0 Å². The Kier molecular flexibility index (Phi) is 2.84. The molecule has 0 spiro atoms. The molecule has 0 radical (unpaired) electrons. The first-order valence-electron chi connectivity index (χ1n) is 4.17. The third-order valence-corrected chi connectivity index (χ3v) is 3.64. The van der Waals surface area contributed by atoms with E-state index in [2.05, 4.69) is 37.0 Å². The fraction of sp³-hybridized carbons (Fsp3) is 0.100. The molecular formula is C10H9BrN2S. The van der Waals surface area contributed by atoms with Crippen molar-refractivity contribution in [1.82, 2.24) is 4.98 Å². The van der Waals surface area contributed by atoms with Crippen LogP contribution in [-0.2, 0) is 0 Å². The first-order chi connectivity index (χ1) is 6.81. The van der Waals surface area contributed by atoms with Gasteiger partial charge in [0.2, 0.25) is 0 Å². The maximum atomic E-state index is 4.33. The van der Waals surface area contributed by atoms with Gasteiger partial charge in [0, 0.05) is 39.7 Å². The minimum absolute atomic E-state index is 0.991. The third kappa shape index (κ3) is 1.81. The van der Waals surface area contributed by atoms with E-state index in [0.717, 1.165) is 21.4 Å². The highest BCUT2D eigenvalue weighted by Gasteiger charge is 2.05. The van der Waals surface area contributed by atoms with Crippen LogP contribution in [0.2, 0.25) is 0 Å². The number of nitrogens with one attached hydrogen (secondary N) is 1. The van der Waals surface area contributed by atoms with Crippen molar-refractivity contribution < 1.29 is 0 Å². The number of halogens is 1. The van der Waals surface area contributed by atoms with Crippen LogP contribution in [0, 0.1) is 0 Å². The van der Waals surface area contributed by atoms with Crippen LogP contribution in [0.1, 0.15) is 0 Å². The second kappa shape index (κ2) is 4.11. The molecule has 0 fully saturated rings. The molecule has 2 heterocycles. The standard InChI is InChI=1S/C10H9BrN2S/c1-12-7-2-3-13-10(4-7)8-5-14-6-9(8)11/h2-6H,1H3,(H,12,13). The smallest absolute Gasteiger partial charge is 0.0742 e. The molecule has 2 aromatic rings. The lowest BCUT2D eigenvalue weighted by Crippen LogP contribution is -1.89. The van der Waals surface area contributed by atoms with Crippen molar-refractivity contribution in [2.24, 2.45) is 0 Å². The normalized spacial score (nSPS) is 10.1. The summed E-state index contributed by atoms with van der Waals surface area (Å²) in [5.41, 5.74) is 3.21. The van der Waals surface area contributed by atoms with Crippen LogP contribution < -0.4 is 5.32 Å². The fourth-order valence-electron chi connectivity index (χ4n) is 1.20. The molecule has 72 valence electrons. The summed E-state index contributed by atoms with van der Waals surface area (Å²) in [5.74, 6) is 0. The van der Waals surface area contributed by atoms with E-state index in [1.165, 1.54) is 0 Å². The van der Waals surface area contributed by atoms with E-state index in [9.17, 15) is 0 Å². The molecule has 0 aromatic carbocycles. The first kappa shape index (κ1) is 9.68. The summed E-state index contributed by atoms with van der Waals surface area (Å²) in [4.78, 5) is 4.33. The molecule has 4 heteroatoms. The molecule has 0 bridgehead atoms. The van der Waals surface area contributed by atoms with Gasteiger partial charge in [-0.2, -0.15) is 11.3 Å². The van der Waals surface area contributed by atoms with Crippen LogP contribution in [0.15, 0.2) is 33.6 Å². The third-order valence-electron chi connectivity index (χ3n) is 1.94. The van der Waals surface area contributed by atoms with Crippen molar-refractivity contribution in [2.75, 3.05) is 12.4 Å². The maximum absolute atomic E-state index is 4.33. The fourth-order valence-corrected chi connectivity index (χ4v) is 2.69. The Hall–Kier alpha value is -0.870. The molecule has 0 atom stereocenters. The Bertz CT molecular complexity index is 439. The molecule has 0 saturated carbocycles. The van der Waals surface area contributed by atoms with Gasteiger partial charge in [0.05, 0.1) is 5.69 Å². The van der Waals surface area contributed by atoms with Crippen LogP contribution in [0.4, 0.5) is 5.69 Å². The summed E-state index contributed by atoms with van der Waals surface area (Å²) >= 11 is 5.17. The van der Waals surface area contributed by atoms with Gasteiger partial charge in [-0.25, -0.2) is 0 Å². The van der Waals surface area contributed by atoms with Gasteiger partial charge in [0.25, 0.3) is 0 Å². The maximum Gasteiger partial charge on any atom is 0.0742 e. The van der Waals surface area contributed by atoms with Gasteiger partial charge >= 0.3 is 0 Å². The Balaban J connectivity index is 2.47. The Morgan fingerprint density at radius 3 is 2.93 bits per heavy atom. The van der Waals surface area contributed by atoms with E-state index < -0.39 is 0 Å². The zero-order valence-corrected chi connectivity index (χ0v) is 10.0.